The highest BCUT2D eigenvalue weighted by molar-refractivity contribution is 7.09. The topological polar surface area (TPSA) is 89.5 Å². The molecule has 33 heavy (non-hydrogen) atoms. The minimum atomic E-state index is -0.563. The van der Waals surface area contributed by atoms with Crippen molar-refractivity contribution in [3.63, 3.8) is 0 Å². The molecule has 0 saturated carbocycles. The fraction of sp³-hybridized carbons (Fsp3) is 0.391. The standard InChI is InChI=1S/C23H26ClN5O3S/c1-31-18-13-19(32-2)27-22(26-18)21(15-3-5-17(24)6-4-15)28-23(30)16-7-10-29(11-8-16)14-20-25-9-12-33-20/h3-6,9,12-13,16,21H,7-8,10-11,14H2,1-2H3,(H,28,30). The van der Waals surface area contributed by atoms with Gasteiger partial charge in [-0.1, -0.05) is 23.7 Å². The number of amides is 1. The zero-order valence-electron chi connectivity index (χ0n) is 18.5. The number of aromatic nitrogens is 3. The van der Waals surface area contributed by atoms with E-state index in [0.29, 0.717) is 22.6 Å². The lowest BCUT2D eigenvalue weighted by Gasteiger charge is -2.31. The lowest BCUT2D eigenvalue weighted by molar-refractivity contribution is -0.127. The van der Waals surface area contributed by atoms with Gasteiger partial charge in [0, 0.05) is 22.5 Å². The maximum Gasteiger partial charge on any atom is 0.224 e. The van der Waals surface area contributed by atoms with E-state index in [9.17, 15) is 4.79 Å². The van der Waals surface area contributed by atoms with Crippen LogP contribution in [0, 0.1) is 5.92 Å². The van der Waals surface area contributed by atoms with Gasteiger partial charge in [-0.15, -0.1) is 11.3 Å². The van der Waals surface area contributed by atoms with Gasteiger partial charge in [0.2, 0.25) is 17.7 Å². The van der Waals surface area contributed by atoms with Gasteiger partial charge in [0.1, 0.15) is 11.0 Å². The second-order valence-electron chi connectivity index (χ2n) is 7.78. The Hall–Kier alpha value is -2.75. The van der Waals surface area contributed by atoms with Crippen LogP contribution in [0.25, 0.3) is 0 Å². The summed E-state index contributed by atoms with van der Waals surface area (Å²) >= 11 is 7.74. The Morgan fingerprint density at radius 2 is 1.85 bits per heavy atom. The van der Waals surface area contributed by atoms with Crippen molar-refractivity contribution in [2.24, 2.45) is 5.92 Å². The molecule has 1 aromatic carbocycles. The van der Waals surface area contributed by atoms with Gasteiger partial charge in [0.05, 0.1) is 26.8 Å². The first-order valence-corrected chi connectivity index (χ1v) is 11.9. The van der Waals surface area contributed by atoms with Crippen molar-refractivity contribution >= 4 is 28.8 Å². The van der Waals surface area contributed by atoms with Crippen LogP contribution < -0.4 is 14.8 Å². The summed E-state index contributed by atoms with van der Waals surface area (Å²) in [5, 5.41) is 6.86. The highest BCUT2D eigenvalue weighted by Crippen LogP contribution is 2.27. The number of nitrogens with one attached hydrogen (secondary N) is 1. The molecule has 1 amide bonds. The number of halogens is 1. The van der Waals surface area contributed by atoms with Crippen LogP contribution in [-0.2, 0) is 11.3 Å². The number of rotatable bonds is 8. The molecule has 1 fully saturated rings. The van der Waals surface area contributed by atoms with Gasteiger partial charge < -0.3 is 14.8 Å². The lowest BCUT2D eigenvalue weighted by Crippen LogP contribution is -2.41. The van der Waals surface area contributed by atoms with Crippen LogP contribution in [0.15, 0.2) is 41.9 Å². The Bertz CT molecular complexity index is 1030. The number of likely N-dealkylation sites (tertiary alicyclic amines) is 1. The van der Waals surface area contributed by atoms with Crippen molar-refractivity contribution in [3.8, 4) is 11.8 Å². The predicted molar refractivity (Wildman–Crippen MR) is 127 cm³/mol. The molecule has 4 rings (SSSR count). The number of ether oxygens (including phenoxy) is 2. The fourth-order valence-corrected chi connectivity index (χ4v) is 4.63. The average Bonchev–Trinajstić information content (AvgIpc) is 3.36. The first-order valence-electron chi connectivity index (χ1n) is 10.7. The van der Waals surface area contributed by atoms with Crippen molar-refractivity contribution in [1.82, 2.24) is 25.2 Å². The molecule has 8 nitrogen and oxygen atoms in total. The number of nitrogens with zero attached hydrogens (tertiary/aromatic N) is 4. The molecule has 1 aliphatic heterocycles. The third-order valence-corrected chi connectivity index (χ3v) is 6.68. The van der Waals surface area contributed by atoms with Gasteiger partial charge in [-0.25, -0.2) is 4.98 Å². The van der Waals surface area contributed by atoms with E-state index in [4.69, 9.17) is 21.1 Å². The van der Waals surface area contributed by atoms with Gasteiger partial charge in [0.15, 0.2) is 5.82 Å². The largest absolute Gasteiger partial charge is 0.481 e. The molecule has 0 aliphatic carbocycles. The van der Waals surface area contributed by atoms with Gasteiger partial charge >= 0.3 is 0 Å². The van der Waals surface area contributed by atoms with E-state index in [0.717, 1.165) is 43.0 Å². The maximum absolute atomic E-state index is 13.3. The normalized spacial score (nSPS) is 15.7. The van der Waals surface area contributed by atoms with Crippen molar-refractivity contribution in [3.05, 3.63) is 63.3 Å². The smallest absolute Gasteiger partial charge is 0.224 e. The SMILES string of the molecule is COc1cc(OC)nc(C(NC(=O)C2CCN(Cc3nccs3)CC2)c2ccc(Cl)cc2)n1. The van der Waals surface area contributed by atoms with Crippen molar-refractivity contribution in [2.45, 2.75) is 25.4 Å². The van der Waals surface area contributed by atoms with E-state index in [1.54, 1.807) is 29.5 Å². The van der Waals surface area contributed by atoms with E-state index >= 15 is 0 Å². The summed E-state index contributed by atoms with van der Waals surface area (Å²) in [6.45, 7) is 2.54. The first kappa shape index (κ1) is 23.4. The summed E-state index contributed by atoms with van der Waals surface area (Å²) in [5.41, 5.74) is 0.823. The predicted octanol–water partition coefficient (Wildman–Crippen LogP) is 3.72. The van der Waals surface area contributed by atoms with Crippen LogP contribution in [0.1, 0.15) is 35.3 Å². The third kappa shape index (κ3) is 5.98. The van der Waals surface area contributed by atoms with Gasteiger partial charge in [0.25, 0.3) is 0 Å². The fourth-order valence-electron chi connectivity index (χ4n) is 3.85. The van der Waals surface area contributed by atoms with E-state index < -0.39 is 6.04 Å². The van der Waals surface area contributed by atoms with Crippen LogP contribution in [0.3, 0.4) is 0 Å². The number of methoxy groups -OCH3 is 2. The molecule has 1 N–H and O–H groups in total. The van der Waals surface area contributed by atoms with Crippen LogP contribution in [0.5, 0.6) is 11.8 Å². The minimum absolute atomic E-state index is 0.0192. The highest BCUT2D eigenvalue weighted by Gasteiger charge is 2.29. The third-order valence-electron chi connectivity index (χ3n) is 5.66. The van der Waals surface area contributed by atoms with E-state index in [1.807, 2.05) is 23.7 Å². The average molecular weight is 488 g/mol. The Morgan fingerprint density at radius 1 is 1.18 bits per heavy atom. The van der Waals surface area contributed by atoms with Crippen LogP contribution >= 0.6 is 22.9 Å². The van der Waals surface area contributed by atoms with Crippen molar-refractivity contribution < 1.29 is 14.3 Å². The molecule has 2 aromatic heterocycles. The highest BCUT2D eigenvalue weighted by atomic mass is 35.5. The molecule has 0 spiro atoms. The number of carbonyl (C=O) groups is 1. The van der Waals surface area contributed by atoms with E-state index in [1.165, 1.54) is 14.2 Å². The van der Waals surface area contributed by atoms with Crippen LogP contribution in [0.2, 0.25) is 5.02 Å². The Kier molecular flexibility index (Phi) is 7.74. The molecular formula is C23H26ClN5O3S. The summed E-state index contributed by atoms with van der Waals surface area (Å²) < 4.78 is 10.6. The number of hydrogen-bond acceptors (Lipinski definition) is 8. The van der Waals surface area contributed by atoms with Gasteiger partial charge in [-0.3, -0.25) is 9.69 Å². The summed E-state index contributed by atoms with van der Waals surface area (Å²) in [7, 11) is 3.06. The van der Waals surface area contributed by atoms with E-state index in [-0.39, 0.29) is 11.8 Å². The quantitative estimate of drug-likeness (QED) is 0.518. The van der Waals surface area contributed by atoms with Crippen molar-refractivity contribution in [2.75, 3.05) is 27.3 Å². The molecule has 174 valence electrons. The molecule has 1 unspecified atom stereocenters. The molecule has 3 aromatic rings. The molecular weight excluding hydrogens is 462 g/mol. The summed E-state index contributed by atoms with van der Waals surface area (Å²) in [4.78, 5) is 28.9. The Balaban J connectivity index is 1.50. The lowest BCUT2D eigenvalue weighted by atomic mass is 9.95. The summed E-state index contributed by atoms with van der Waals surface area (Å²) in [6.07, 6.45) is 3.40. The zero-order valence-corrected chi connectivity index (χ0v) is 20.1. The number of thiazole rings is 1. The zero-order chi connectivity index (χ0) is 23.2. The second kappa shape index (κ2) is 10.9. The summed E-state index contributed by atoms with van der Waals surface area (Å²) in [6, 6.07) is 8.32. The minimum Gasteiger partial charge on any atom is -0.481 e. The van der Waals surface area contributed by atoms with Gasteiger partial charge in [-0.2, -0.15) is 9.97 Å². The first-order chi connectivity index (χ1) is 16.1. The molecule has 10 heteroatoms. The number of benzene rings is 1. The molecule has 0 bridgehead atoms. The monoisotopic (exact) mass is 487 g/mol. The molecule has 0 radical (unpaired) electrons. The number of carbonyl (C=O) groups excluding carboxylic acids is 1. The van der Waals surface area contributed by atoms with Gasteiger partial charge in [-0.05, 0) is 43.6 Å². The Morgan fingerprint density at radius 3 is 2.42 bits per heavy atom. The number of hydrogen-bond donors (Lipinski definition) is 1. The molecule has 1 saturated heterocycles. The molecule has 1 aliphatic rings. The number of piperidine rings is 1. The van der Waals surface area contributed by atoms with Crippen LogP contribution in [0.4, 0.5) is 0 Å². The molecule has 1 atom stereocenters. The molecule has 3 heterocycles. The van der Waals surface area contributed by atoms with Crippen LogP contribution in [-0.4, -0.2) is 53.1 Å². The van der Waals surface area contributed by atoms with Crippen molar-refractivity contribution in [1.29, 1.82) is 0 Å². The summed E-state index contributed by atoms with van der Waals surface area (Å²) in [5.74, 6) is 1.01. The second-order valence-corrected chi connectivity index (χ2v) is 9.20. The Labute approximate surface area is 201 Å². The maximum atomic E-state index is 13.3. The van der Waals surface area contributed by atoms with E-state index in [2.05, 4.69) is 25.2 Å².